The number of carbonyl (C=O) groups excluding carboxylic acids is 1. The van der Waals surface area contributed by atoms with Crippen LogP contribution < -0.4 is 4.74 Å². The predicted molar refractivity (Wildman–Crippen MR) is 126 cm³/mol. The average Bonchev–Trinajstić information content (AvgIpc) is 2.90. The fourth-order valence-corrected chi connectivity index (χ4v) is 4.19. The summed E-state index contributed by atoms with van der Waals surface area (Å²) in [6.45, 7) is 3.24. The summed E-state index contributed by atoms with van der Waals surface area (Å²) in [4.78, 5) is 36.8. The van der Waals surface area contributed by atoms with Gasteiger partial charge in [-0.3, -0.25) is 14.8 Å². The summed E-state index contributed by atoms with van der Waals surface area (Å²) in [5.41, 5.74) is 3.83. The number of para-hydroxylation sites is 1. The molecule has 4 aromatic rings. The summed E-state index contributed by atoms with van der Waals surface area (Å²) in [6, 6.07) is 11.4. The lowest BCUT2D eigenvalue weighted by Crippen LogP contribution is -2.39. The Kier molecular flexibility index (Phi) is 6.20. The third kappa shape index (κ3) is 4.61. The number of aromatic nitrogens is 5. The van der Waals surface area contributed by atoms with Gasteiger partial charge in [-0.1, -0.05) is 18.2 Å². The molecule has 0 spiro atoms. The average molecular weight is 453 g/mol. The minimum Gasteiger partial charge on any atom is -0.437 e. The lowest BCUT2D eigenvalue weighted by atomic mass is 9.94. The summed E-state index contributed by atoms with van der Waals surface area (Å²) in [5, 5.41) is 0. The molecule has 8 nitrogen and oxygen atoms in total. The van der Waals surface area contributed by atoms with Crippen LogP contribution in [0.1, 0.15) is 40.4 Å². The molecule has 1 aromatic carbocycles. The third-order valence-corrected chi connectivity index (χ3v) is 5.95. The molecule has 34 heavy (non-hydrogen) atoms. The topological polar surface area (TPSA) is 94.0 Å². The number of likely N-dealkylation sites (tertiary alicyclic amines) is 1. The van der Waals surface area contributed by atoms with Crippen molar-refractivity contribution >= 4 is 5.91 Å². The van der Waals surface area contributed by atoms with E-state index in [0.29, 0.717) is 30.2 Å². The van der Waals surface area contributed by atoms with Gasteiger partial charge in [-0.25, -0.2) is 15.0 Å². The molecule has 1 aliphatic heterocycles. The van der Waals surface area contributed by atoms with E-state index >= 15 is 0 Å². The molecule has 5 rings (SSSR count). The Balaban J connectivity index is 1.36. The first-order chi connectivity index (χ1) is 16.7. The smallest absolute Gasteiger partial charge is 0.254 e. The highest BCUT2D eigenvalue weighted by molar-refractivity contribution is 5.95. The van der Waals surface area contributed by atoms with Crippen molar-refractivity contribution in [3.63, 3.8) is 0 Å². The second-order valence-electron chi connectivity index (χ2n) is 8.26. The predicted octanol–water partition coefficient (Wildman–Crippen LogP) is 4.45. The lowest BCUT2D eigenvalue weighted by Gasteiger charge is -2.33. The summed E-state index contributed by atoms with van der Waals surface area (Å²) in [6.07, 6.45) is 11.6. The Morgan fingerprint density at radius 2 is 1.85 bits per heavy atom. The molecule has 1 atom stereocenters. The van der Waals surface area contributed by atoms with Gasteiger partial charge in [0.2, 0.25) is 5.88 Å². The molecule has 8 heteroatoms. The summed E-state index contributed by atoms with van der Waals surface area (Å²) in [7, 11) is 0. The van der Waals surface area contributed by atoms with Crippen LogP contribution in [-0.4, -0.2) is 48.8 Å². The van der Waals surface area contributed by atoms with Gasteiger partial charge in [0.1, 0.15) is 17.8 Å². The molecule has 3 aromatic heterocycles. The minimum atomic E-state index is -0.0320. The third-order valence-electron chi connectivity index (χ3n) is 5.95. The molecule has 170 valence electrons. The maximum Gasteiger partial charge on any atom is 0.254 e. The van der Waals surface area contributed by atoms with Crippen molar-refractivity contribution in [3.8, 4) is 22.9 Å². The van der Waals surface area contributed by atoms with Gasteiger partial charge < -0.3 is 9.64 Å². The summed E-state index contributed by atoms with van der Waals surface area (Å²) >= 11 is 0. The van der Waals surface area contributed by atoms with Gasteiger partial charge >= 0.3 is 0 Å². The monoisotopic (exact) mass is 452 g/mol. The largest absolute Gasteiger partial charge is 0.437 e. The van der Waals surface area contributed by atoms with Crippen LogP contribution in [0.3, 0.4) is 0 Å². The van der Waals surface area contributed by atoms with E-state index in [1.807, 2.05) is 36.1 Å². The van der Waals surface area contributed by atoms with E-state index in [0.717, 1.165) is 35.4 Å². The standard InChI is InChI=1S/C26H24N6O2/c1-18-5-2-3-7-23(18)34-25-24(30-10-11-31-25)20-6-4-12-32(16-20)26(33)19-8-9-29-22(13-19)21-14-27-17-28-15-21/h2-3,5,7-11,13-15,17,20H,4,6,12,16H2,1H3/t20-/m0/s1. The maximum atomic E-state index is 13.4. The molecule has 1 aliphatic rings. The highest BCUT2D eigenvalue weighted by Gasteiger charge is 2.29. The van der Waals surface area contributed by atoms with E-state index in [-0.39, 0.29) is 11.8 Å². The molecule has 0 aliphatic carbocycles. The molecule has 0 N–H and O–H groups in total. The first-order valence-corrected chi connectivity index (χ1v) is 11.2. The van der Waals surface area contributed by atoms with Crippen molar-refractivity contribution in [3.05, 3.63) is 90.5 Å². The van der Waals surface area contributed by atoms with Crippen LogP contribution in [0.15, 0.2) is 73.7 Å². The number of amides is 1. The van der Waals surface area contributed by atoms with Crippen molar-refractivity contribution in [2.45, 2.75) is 25.7 Å². The first kappa shape index (κ1) is 21.6. The summed E-state index contributed by atoms with van der Waals surface area (Å²) < 4.78 is 6.14. The molecular formula is C26H24N6O2. The van der Waals surface area contributed by atoms with Crippen LogP contribution in [-0.2, 0) is 0 Å². The molecule has 0 bridgehead atoms. The van der Waals surface area contributed by atoms with Crippen molar-refractivity contribution in [1.82, 2.24) is 29.8 Å². The van der Waals surface area contributed by atoms with E-state index in [9.17, 15) is 4.79 Å². The van der Waals surface area contributed by atoms with Gasteiger partial charge in [-0.2, -0.15) is 0 Å². The van der Waals surface area contributed by atoms with Crippen molar-refractivity contribution in [2.24, 2.45) is 0 Å². The van der Waals surface area contributed by atoms with Gasteiger partial charge in [0.25, 0.3) is 5.91 Å². The Bertz CT molecular complexity index is 1300. The van der Waals surface area contributed by atoms with Crippen LogP contribution in [0.4, 0.5) is 0 Å². The Morgan fingerprint density at radius 1 is 1.03 bits per heavy atom. The number of pyridine rings is 1. The molecule has 1 saturated heterocycles. The maximum absolute atomic E-state index is 13.4. The Hall–Kier alpha value is -4.20. The van der Waals surface area contributed by atoms with E-state index < -0.39 is 0 Å². The van der Waals surface area contributed by atoms with Crippen LogP contribution in [0, 0.1) is 6.92 Å². The first-order valence-electron chi connectivity index (χ1n) is 11.2. The van der Waals surface area contributed by atoms with Gasteiger partial charge in [0.05, 0.1) is 5.69 Å². The van der Waals surface area contributed by atoms with E-state index in [4.69, 9.17) is 4.74 Å². The zero-order chi connectivity index (χ0) is 23.3. The fraction of sp³-hybridized carbons (Fsp3) is 0.231. The number of benzene rings is 1. The van der Waals surface area contributed by atoms with E-state index in [2.05, 4.69) is 24.9 Å². The SMILES string of the molecule is Cc1ccccc1Oc1nccnc1[C@H]1CCCN(C(=O)c2ccnc(-c3cncnc3)c2)C1. The van der Waals surface area contributed by atoms with Crippen molar-refractivity contribution in [1.29, 1.82) is 0 Å². The number of rotatable bonds is 5. The Labute approximate surface area is 197 Å². The molecule has 1 fully saturated rings. The quantitative estimate of drug-likeness (QED) is 0.442. The van der Waals surface area contributed by atoms with Gasteiger partial charge in [0, 0.05) is 61.1 Å². The number of ether oxygens (including phenoxy) is 1. The highest BCUT2D eigenvalue weighted by atomic mass is 16.5. The number of piperidine rings is 1. The molecule has 0 unspecified atom stereocenters. The zero-order valence-electron chi connectivity index (χ0n) is 18.8. The van der Waals surface area contributed by atoms with E-state index in [1.165, 1.54) is 6.33 Å². The Morgan fingerprint density at radius 3 is 2.71 bits per heavy atom. The molecular weight excluding hydrogens is 428 g/mol. The lowest BCUT2D eigenvalue weighted by molar-refractivity contribution is 0.0704. The van der Waals surface area contributed by atoms with Gasteiger partial charge in [0.15, 0.2) is 0 Å². The van der Waals surface area contributed by atoms with Crippen molar-refractivity contribution < 1.29 is 9.53 Å². The number of nitrogens with zero attached hydrogens (tertiary/aromatic N) is 6. The molecule has 4 heterocycles. The second-order valence-corrected chi connectivity index (χ2v) is 8.26. The summed E-state index contributed by atoms with van der Waals surface area (Å²) in [5.74, 6) is 1.25. The van der Waals surface area contributed by atoms with Crippen LogP contribution >= 0.6 is 0 Å². The molecule has 0 saturated carbocycles. The number of carbonyl (C=O) groups is 1. The second kappa shape index (κ2) is 9.74. The van der Waals surface area contributed by atoms with Crippen molar-refractivity contribution in [2.75, 3.05) is 13.1 Å². The molecule has 1 amide bonds. The number of aryl methyl sites for hydroxylation is 1. The van der Waals surface area contributed by atoms with E-state index in [1.54, 1.807) is 43.1 Å². The van der Waals surface area contributed by atoms with Crippen LogP contribution in [0.5, 0.6) is 11.6 Å². The normalized spacial score (nSPS) is 15.7. The minimum absolute atomic E-state index is 0.0320. The fourth-order valence-electron chi connectivity index (χ4n) is 4.19. The number of hydrogen-bond acceptors (Lipinski definition) is 7. The van der Waals surface area contributed by atoms with Crippen LogP contribution in [0.2, 0.25) is 0 Å². The molecule has 0 radical (unpaired) electrons. The number of hydrogen-bond donors (Lipinski definition) is 0. The van der Waals surface area contributed by atoms with Crippen LogP contribution in [0.25, 0.3) is 11.3 Å². The highest BCUT2D eigenvalue weighted by Crippen LogP contribution is 2.34. The zero-order valence-corrected chi connectivity index (χ0v) is 18.8. The van der Waals surface area contributed by atoms with Gasteiger partial charge in [-0.15, -0.1) is 0 Å². The van der Waals surface area contributed by atoms with Gasteiger partial charge in [-0.05, 0) is 43.5 Å².